The number of rotatable bonds is 3. The minimum Gasteiger partial charge on any atom is -0.483 e. The fourth-order valence-corrected chi connectivity index (χ4v) is 0.986. The highest BCUT2D eigenvalue weighted by Crippen LogP contribution is 2.23. The third-order valence-corrected chi connectivity index (χ3v) is 1.59. The van der Waals surface area contributed by atoms with Crippen LogP contribution < -0.4 is 4.74 Å². The summed E-state index contributed by atoms with van der Waals surface area (Å²) in [5.41, 5.74) is -0.339. The summed E-state index contributed by atoms with van der Waals surface area (Å²) >= 11 is 0. The van der Waals surface area contributed by atoms with Crippen LogP contribution in [0.25, 0.3) is 0 Å². The van der Waals surface area contributed by atoms with E-state index in [-0.39, 0.29) is 11.3 Å². The topological polar surface area (TPSA) is 41.8 Å². The number of halogens is 4. The van der Waals surface area contributed by atoms with Gasteiger partial charge in [0.05, 0.1) is 11.8 Å². The van der Waals surface area contributed by atoms with Crippen molar-refractivity contribution < 1.29 is 27.5 Å². The molecule has 7 heteroatoms. The highest BCUT2D eigenvalue weighted by Gasteiger charge is 2.28. The van der Waals surface area contributed by atoms with Crippen molar-refractivity contribution in [3.63, 3.8) is 0 Å². The molecule has 1 rings (SSSR count). The lowest BCUT2D eigenvalue weighted by Crippen LogP contribution is -2.19. The van der Waals surface area contributed by atoms with Crippen LogP contribution in [0.5, 0.6) is 5.75 Å². The van der Waals surface area contributed by atoms with Gasteiger partial charge in [-0.2, -0.15) is 13.2 Å². The molecule has 0 amide bonds. The Kier molecular flexibility index (Phi) is 3.70. The summed E-state index contributed by atoms with van der Waals surface area (Å²) in [7, 11) is 0. The molecule has 0 saturated heterocycles. The van der Waals surface area contributed by atoms with E-state index in [0.29, 0.717) is 6.21 Å². The van der Waals surface area contributed by atoms with Crippen LogP contribution in [0.1, 0.15) is 5.56 Å². The highest BCUT2D eigenvalue weighted by molar-refractivity contribution is 5.83. The van der Waals surface area contributed by atoms with Crippen molar-refractivity contribution in [1.29, 1.82) is 0 Å². The van der Waals surface area contributed by atoms with E-state index in [1.807, 2.05) is 0 Å². The predicted octanol–water partition coefficient (Wildman–Crippen LogP) is 2.57. The number of hydrogen-bond donors (Lipinski definition) is 1. The molecule has 16 heavy (non-hydrogen) atoms. The van der Waals surface area contributed by atoms with Gasteiger partial charge in [-0.15, -0.1) is 0 Å². The van der Waals surface area contributed by atoms with E-state index in [9.17, 15) is 17.6 Å². The van der Waals surface area contributed by atoms with E-state index in [1.165, 1.54) is 6.07 Å². The van der Waals surface area contributed by atoms with Crippen LogP contribution in [0.3, 0.4) is 0 Å². The molecule has 0 bridgehead atoms. The molecule has 1 aromatic carbocycles. The monoisotopic (exact) mass is 237 g/mol. The lowest BCUT2D eigenvalue weighted by atomic mass is 10.2. The molecule has 3 nitrogen and oxygen atoms in total. The Morgan fingerprint density at radius 3 is 2.62 bits per heavy atom. The number of benzene rings is 1. The lowest BCUT2D eigenvalue weighted by Gasteiger charge is -2.11. The van der Waals surface area contributed by atoms with E-state index in [0.717, 1.165) is 12.1 Å². The maximum Gasteiger partial charge on any atom is 0.422 e. The van der Waals surface area contributed by atoms with Gasteiger partial charge in [0.25, 0.3) is 0 Å². The molecular formula is C9H7F4NO2. The fraction of sp³-hybridized carbons (Fsp3) is 0.222. The summed E-state index contributed by atoms with van der Waals surface area (Å²) < 4.78 is 53.0. The molecule has 88 valence electrons. The van der Waals surface area contributed by atoms with E-state index in [2.05, 4.69) is 9.89 Å². The molecule has 0 saturated carbocycles. The van der Waals surface area contributed by atoms with E-state index in [1.54, 1.807) is 0 Å². The Morgan fingerprint density at radius 1 is 1.38 bits per heavy atom. The smallest absolute Gasteiger partial charge is 0.422 e. The van der Waals surface area contributed by atoms with Gasteiger partial charge in [0.15, 0.2) is 6.61 Å². The predicted molar refractivity (Wildman–Crippen MR) is 47.3 cm³/mol. The Hall–Kier alpha value is -1.79. The molecule has 0 spiro atoms. The van der Waals surface area contributed by atoms with Crippen LogP contribution >= 0.6 is 0 Å². The molecule has 0 unspecified atom stereocenters. The van der Waals surface area contributed by atoms with Crippen molar-refractivity contribution in [2.45, 2.75) is 6.18 Å². The average molecular weight is 237 g/mol. The first kappa shape index (κ1) is 12.3. The quantitative estimate of drug-likeness (QED) is 0.380. The van der Waals surface area contributed by atoms with E-state index >= 15 is 0 Å². The molecule has 0 heterocycles. The summed E-state index contributed by atoms with van der Waals surface area (Å²) in [6, 6.07) is 3.35. The molecule has 0 atom stereocenters. The molecule has 0 fully saturated rings. The van der Waals surface area contributed by atoms with Crippen LogP contribution in [-0.2, 0) is 0 Å². The Bertz CT molecular complexity index is 390. The number of alkyl halides is 3. The van der Waals surface area contributed by atoms with Gasteiger partial charge in [-0.05, 0) is 12.1 Å². The first-order valence-electron chi connectivity index (χ1n) is 4.09. The second kappa shape index (κ2) is 4.82. The van der Waals surface area contributed by atoms with Crippen molar-refractivity contribution in [2.75, 3.05) is 6.61 Å². The lowest BCUT2D eigenvalue weighted by molar-refractivity contribution is -0.153. The van der Waals surface area contributed by atoms with Crippen molar-refractivity contribution in [2.24, 2.45) is 5.16 Å². The fourth-order valence-electron chi connectivity index (χ4n) is 0.986. The van der Waals surface area contributed by atoms with Crippen molar-refractivity contribution in [3.8, 4) is 5.75 Å². The van der Waals surface area contributed by atoms with Gasteiger partial charge in [-0.1, -0.05) is 11.2 Å². The van der Waals surface area contributed by atoms with Crippen LogP contribution in [0.15, 0.2) is 23.4 Å². The second-order valence-electron chi connectivity index (χ2n) is 2.80. The largest absolute Gasteiger partial charge is 0.483 e. The van der Waals surface area contributed by atoms with Gasteiger partial charge >= 0.3 is 6.18 Å². The van der Waals surface area contributed by atoms with Crippen molar-refractivity contribution >= 4 is 6.21 Å². The number of hydrogen-bond acceptors (Lipinski definition) is 3. The first-order valence-corrected chi connectivity index (χ1v) is 4.09. The molecule has 0 aromatic heterocycles. The van der Waals surface area contributed by atoms with Crippen molar-refractivity contribution in [3.05, 3.63) is 29.6 Å². The van der Waals surface area contributed by atoms with Crippen LogP contribution in [0.2, 0.25) is 0 Å². The number of ether oxygens (including phenoxy) is 1. The summed E-state index contributed by atoms with van der Waals surface area (Å²) in [4.78, 5) is 0. The molecule has 0 aliphatic carbocycles. The minimum absolute atomic E-state index is 0.338. The zero-order chi connectivity index (χ0) is 12.2. The Balaban J connectivity index is 2.91. The maximum atomic E-state index is 13.1. The number of oxime groups is 1. The first-order chi connectivity index (χ1) is 7.44. The van der Waals surface area contributed by atoms with Crippen LogP contribution in [0, 0.1) is 5.82 Å². The third-order valence-electron chi connectivity index (χ3n) is 1.59. The zero-order valence-corrected chi connectivity index (χ0v) is 7.83. The van der Waals surface area contributed by atoms with Crippen LogP contribution in [0.4, 0.5) is 17.6 Å². The van der Waals surface area contributed by atoms with Gasteiger partial charge in [0.1, 0.15) is 11.6 Å². The average Bonchev–Trinajstić information content (AvgIpc) is 2.18. The minimum atomic E-state index is -4.51. The van der Waals surface area contributed by atoms with Gasteiger partial charge in [-0.3, -0.25) is 0 Å². The standard InChI is InChI=1S/C9H7F4NO2/c10-7-2-1-3-8(6(7)4-14-15)16-5-9(11,12)13/h1-4,15H,5H2. The Labute approximate surface area is 87.9 Å². The zero-order valence-electron chi connectivity index (χ0n) is 7.83. The SMILES string of the molecule is ON=Cc1c(F)cccc1OCC(F)(F)F. The van der Waals surface area contributed by atoms with Gasteiger partial charge in [0.2, 0.25) is 0 Å². The summed E-state index contributed by atoms with van der Waals surface area (Å²) in [6.45, 7) is -1.54. The molecule has 0 radical (unpaired) electrons. The van der Waals surface area contributed by atoms with Gasteiger partial charge in [-0.25, -0.2) is 4.39 Å². The number of nitrogens with zero attached hydrogens (tertiary/aromatic N) is 1. The van der Waals surface area contributed by atoms with E-state index in [4.69, 9.17) is 5.21 Å². The summed E-state index contributed by atoms with van der Waals surface area (Å²) in [5, 5.41) is 10.8. The van der Waals surface area contributed by atoms with Gasteiger partial charge < -0.3 is 9.94 Å². The Morgan fingerprint density at radius 2 is 2.06 bits per heavy atom. The molecular weight excluding hydrogens is 230 g/mol. The third kappa shape index (κ3) is 3.41. The second-order valence-corrected chi connectivity index (χ2v) is 2.80. The molecule has 0 aliphatic heterocycles. The molecule has 0 aliphatic rings. The van der Waals surface area contributed by atoms with Gasteiger partial charge in [0, 0.05) is 0 Å². The molecule has 1 N–H and O–H groups in total. The maximum absolute atomic E-state index is 13.1. The summed E-state index contributed by atoms with van der Waals surface area (Å²) in [5.74, 6) is -1.17. The van der Waals surface area contributed by atoms with Crippen molar-refractivity contribution in [1.82, 2.24) is 0 Å². The normalized spacial score (nSPS) is 12.0. The molecule has 1 aromatic rings. The highest BCUT2D eigenvalue weighted by atomic mass is 19.4. The van der Waals surface area contributed by atoms with E-state index < -0.39 is 18.6 Å². The van der Waals surface area contributed by atoms with Crippen LogP contribution in [-0.4, -0.2) is 24.2 Å². The summed E-state index contributed by atoms with van der Waals surface area (Å²) in [6.07, 6.45) is -3.85.